The van der Waals surface area contributed by atoms with Crippen LogP contribution in [0.5, 0.6) is 0 Å². The number of hydrogen-bond acceptors (Lipinski definition) is 4. The zero-order chi connectivity index (χ0) is 15.5. The highest BCUT2D eigenvalue weighted by molar-refractivity contribution is 5.60. The summed E-state index contributed by atoms with van der Waals surface area (Å²) in [7, 11) is -2.85. The zero-order valence-corrected chi connectivity index (χ0v) is 11.9. The summed E-state index contributed by atoms with van der Waals surface area (Å²) in [6, 6.07) is 16.7. The van der Waals surface area contributed by atoms with Gasteiger partial charge in [-0.25, -0.2) is 27.6 Å². The first-order chi connectivity index (χ1) is 9.86. The molecule has 2 aromatic heterocycles. The van der Waals surface area contributed by atoms with Crippen molar-refractivity contribution < 1.29 is 33.3 Å². The lowest BCUT2D eigenvalue weighted by atomic mass is 10.2. The van der Waals surface area contributed by atoms with Crippen LogP contribution in [0.4, 0.5) is 0 Å². The molecule has 0 aliphatic heterocycles. The van der Waals surface area contributed by atoms with Crippen LogP contribution in [0.25, 0.3) is 16.9 Å². The molecule has 0 saturated heterocycles. The van der Waals surface area contributed by atoms with E-state index >= 15 is 0 Å². The van der Waals surface area contributed by atoms with Crippen molar-refractivity contribution in [2.75, 3.05) is 0 Å². The number of fused-ring (bicyclic) bond motifs is 1. The SMILES string of the molecule is Cn1c(-c2ccccc2)c[n+]2ccccc12.[O-][Cl+3]([O-])([O-])[O-]. The molecule has 3 aromatic rings. The second kappa shape index (κ2) is 6.21. The molecule has 0 N–H and O–H groups in total. The second-order valence-electron chi connectivity index (χ2n) is 4.28. The molecule has 0 amide bonds. The van der Waals surface area contributed by atoms with Crippen LogP contribution in [0.15, 0.2) is 60.9 Å². The fourth-order valence-corrected chi connectivity index (χ4v) is 2.06. The Morgan fingerprint density at radius 2 is 1.48 bits per heavy atom. The second-order valence-corrected chi connectivity index (χ2v) is 5.04. The van der Waals surface area contributed by atoms with Gasteiger partial charge in [-0.15, -0.1) is 10.2 Å². The topological polar surface area (TPSA) is 101 Å². The van der Waals surface area contributed by atoms with Crippen LogP contribution >= 0.6 is 0 Å². The summed E-state index contributed by atoms with van der Waals surface area (Å²) in [4.78, 5) is 0. The molecule has 1 aromatic carbocycles. The predicted octanol–water partition coefficient (Wildman–Crippen LogP) is -2.33. The van der Waals surface area contributed by atoms with E-state index in [1.165, 1.54) is 16.9 Å². The van der Waals surface area contributed by atoms with Crippen molar-refractivity contribution in [2.45, 2.75) is 0 Å². The van der Waals surface area contributed by atoms with Crippen LogP contribution in [0.1, 0.15) is 0 Å². The number of benzene rings is 1. The molecular weight excluding hydrogens is 296 g/mol. The Morgan fingerprint density at radius 1 is 0.905 bits per heavy atom. The molecule has 0 radical (unpaired) electrons. The summed E-state index contributed by atoms with van der Waals surface area (Å²) in [5.41, 5.74) is 3.67. The highest BCUT2D eigenvalue weighted by atomic mass is 35.7. The third kappa shape index (κ3) is 4.25. The number of hydrogen-bond donors (Lipinski definition) is 0. The van der Waals surface area contributed by atoms with Crippen molar-refractivity contribution in [1.82, 2.24) is 4.57 Å². The zero-order valence-electron chi connectivity index (χ0n) is 11.2. The van der Waals surface area contributed by atoms with E-state index in [-0.39, 0.29) is 0 Å². The van der Waals surface area contributed by atoms with E-state index in [9.17, 15) is 0 Å². The Hall–Kier alpha value is -1.96. The summed E-state index contributed by atoms with van der Waals surface area (Å²) in [6.45, 7) is 0. The summed E-state index contributed by atoms with van der Waals surface area (Å²) in [5.74, 6) is 0. The van der Waals surface area contributed by atoms with E-state index < -0.39 is 10.2 Å². The minimum Gasteiger partial charge on any atom is -0.226 e. The third-order valence-electron chi connectivity index (χ3n) is 2.90. The molecule has 0 saturated carbocycles. The molecule has 7 heteroatoms. The van der Waals surface area contributed by atoms with Crippen molar-refractivity contribution in [3.8, 4) is 11.3 Å². The minimum absolute atomic E-state index is 1.20. The lowest BCUT2D eigenvalue weighted by molar-refractivity contribution is -2.00. The molecular formula is C14H13ClN2O4. The van der Waals surface area contributed by atoms with Gasteiger partial charge in [0.2, 0.25) is 0 Å². The molecule has 110 valence electrons. The van der Waals surface area contributed by atoms with Crippen LogP contribution in [-0.2, 0) is 7.05 Å². The monoisotopic (exact) mass is 308 g/mol. The molecule has 21 heavy (non-hydrogen) atoms. The first-order valence-corrected chi connectivity index (χ1v) is 7.22. The Morgan fingerprint density at radius 3 is 2.05 bits per heavy atom. The Labute approximate surface area is 123 Å². The van der Waals surface area contributed by atoms with Crippen molar-refractivity contribution in [3.05, 3.63) is 60.9 Å². The van der Waals surface area contributed by atoms with E-state index in [2.05, 4.69) is 64.8 Å². The summed E-state index contributed by atoms with van der Waals surface area (Å²) >= 11 is 0. The van der Waals surface area contributed by atoms with Crippen LogP contribution in [0, 0.1) is 10.2 Å². The van der Waals surface area contributed by atoms with Gasteiger partial charge in [0.05, 0.1) is 13.2 Å². The minimum atomic E-state index is -4.94. The van der Waals surface area contributed by atoms with E-state index in [4.69, 9.17) is 18.6 Å². The molecule has 0 atom stereocenters. The summed E-state index contributed by atoms with van der Waals surface area (Å²) in [5, 5.41) is 0. The van der Waals surface area contributed by atoms with Gasteiger partial charge in [-0.05, 0) is 6.07 Å². The number of imidazole rings is 1. The largest absolute Gasteiger partial charge is 0.286 e. The van der Waals surface area contributed by atoms with Gasteiger partial charge in [-0.3, -0.25) is 0 Å². The number of rotatable bonds is 1. The first kappa shape index (κ1) is 15.4. The van der Waals surface area contributed by atoms with E-state index in [0.29, 0.717) is 0 Å². The molecule has 0 spiro atoms. The Kier molecular flexibility index (Phi) is 4.56. The highest BCUT2D eigenvalue weighted by Crippen LogP contribution is 2.18. The van der Waals surface area contributed by atoms with Gasteiger partial charge in [0.25, 0.3) is 5.65 Å². The van der Waals surface area contributed by atoms with Crippen molar-refractivity contribution in [2.24, 2.45) is 7.05 Å². The number of aromatic nitrogens is 2. The van der Waals surface area contributed by atoms with Gasteiger partial charge in [0.15, 0.2) is 5.69 Å². The third-order valence-corrected chi connectivity index (χ3v) is 2.90. The van der Waals surface area contributed by atoms with Crippen LogP contribution in [-0.4, -0.2) is 4.57 Å². The lowest BCUT2D eigenvalue weighted by Crippen LogP contribution is -2.68. The predicted molar refractivity (Wildman–Crippen MR) is 64.0 cm³/mol. The maximum Gasteiger partial charge on any atom is 0.286 e. The molecule has 0 unspecified atom stereocenters. The van der Waals surface area contributed by atoms with Crippen LogP contribution in [0.2, 0.25) is 0 Å². The fraction of sp³-hybridized carbons (Fsp3) is 0.0714. The van der Waals surface area contributed by atoms with E-state index in [1.807, 2.05) is 12.1 Å². The van der Waals surface area contributed by atoms with Crippen LogP contribution < -0.4 is 23.0 Å². The van der Waals surface area contributed by atoms with Gasteiger partial charge in [0, 0.05) is 11.6 Å². The van der Waals surface area contributed by atoms with Crippen LogP contribution in [0.3, 0.4) is 0 Å². The number of aryl methyl sites for hydroxylation is 1. The quantitative estimate of drug-likeness (QED) is 0.471. The molecule has 3 rings (SSSR count). The number of halogens is 1. The van der Waals surface area contributed by atoms with Crippen molar-refractivity contribution in [1.29, 1.82) is 0 Å². The molecule has 2 heterocycles. The molecule has 0 aliphatic rings. The summed E-state index contributed by atoms with van der Waals surface area (Å²) < 4.78 is 38.3. The molecule has 0 fully saturated rings. The first-order valence-electron chi connectivity index (χ1n) is 5.99. The lowest BCUT2D eigenvalue weighted by Gasteiger charge is -2.17. The highest BCUT2D eigenvalue weighted by Gasteiger charge is 2.14. The van der Waals surface area contributed by atoms with Gasteiger partial charge >= 0.3 is 0 Å². The van der Waals surface area contributed by atoms with Crippen molar-refractivity contribution >= 4 is 5.65 Å². The normalized spacial score (nSPS) is 11.1. The Bertz CT molecular complexity index is 717. The smallest absolute Gasteiger partial charge is 0.226 e. The van der Waals surface area contributed by atoms with Gasteiger partial charge in [0.1, 0.15) is 6.20 Å². The Balaban J connectivity index is 0.000000282. The molecule has 6 nitrogen and oxygen atoms in total. The standard InChI is InChI=1S/C14H13N2.ClHO4/c1-15-13(12-7-3-2-4-8-12)11-16-10-6-5-9-14(15)16;2-1(3,4)5/h2-11H,1H3;(H,2,3,4,5)/q+1;/p-1. The van der Waals surface area contributed by atoms with Gasteiger partial charge in [-0.2, -0.15) is 0 Å². The molecule has 0 bridgehead atoms. The fourth-order valence-electron chi connectivity index (χ4n) is 2.06. The van der Waals surface area contributed by atoms with Crippen molar-refractivity contribution in [3.63, 3.8) is 0 Å². The van der Waals surface area contributed by atoms with Gasteiger partial charge < -0.3 is 0 Å². The maximum atomic E-state index is 8.49. The van der Waals surface area contributed by atoms with Gasteiger partial charge in [-0.1, -0.05) is 36.4 Å². The average Bonchev–Trinajstić information content (AvgIpc) is 2.76. The number of nitrogens with zero attached hydrogens (tertiary/aromatic N) is 2. The summed E-state index contributed by atoms with van der Waals surface area (Å²) in [6.07, 6.45) is 4.23. The molecule has 0 aliphatic carbocycles. The van der Waals surface area contributed by atoms with E-state index in [0.717, 1.165) is 0 Å². The average molecular weight is 309 g/mol. The maximum absolute atomic E-state index is 8.49. The number of pyridine rings is 1. The van der Waals surface area contributed by atoms with E-state index in [1.54, 1.807) is 0 Å².